The van der Waals surface area contributed by atoms with Crippen LogP contribution in [0, 0.1) is 0 Å². The van der Waals surface area contributed by atoms with Gasteiger partial charge in [0.1, 0.15) is 0 Å². The maximum Gasteiger partial charge on any atom is 0.231 e. The normalized spacial score (nSPS) is 18.8. The monoisotopic (exact) mass is 308 g/mol. The first kappa shape index (κ1) is 13.3. The van der Waals surface area contributed by atoms with E-state index in [2.05, 4.69) is 22.3 Å². The molecule has 5 heteroatoms. The second-order valence-corrected chi connectivity index (χ2v) is 4.13. The molecule has 4 nitrogen and oxygen atoms in total. The third-order valence-corrected chi connectivity index (χ3v) is 2.99. The van der Waals surface area contributed by atoms with E-state index in [-0.39, 0.29) is 32.7 Å². The summed E-state index contributed by atoms with van der Waals surface area (Å²) in [5, 5.41) is 4.34. The van der Waals surface area contributed by atoms with E-state index in [0.29, 0.717) is 6.79 Å². The van der Waals surface area contributed by atoms with E-state index in [9.17, 15) is 0 Å². The Morgan fingerprint density at radius 2 is 1.88 bits per heavy atom. The molecule has 1 aromatic carbocycles. The van der Waals surface area contributed by atoms with Crippen LogP contribution in [-0.2, 0) is 39.3 Å². The smallest absolute Gasteiger partial charge is 0.231 e. The van der Waals surface area contributed by atoms with Gasteiger partial charge in [-0.3, -0.25) is 0 Å². The molecule has 2 aliphatic heterocycles. The zero-order chi connectivity index (χ0) is 10.8. The van der Waals surface area contributed by atoms with Gasteiger partial charge in [-0.1, -0.05) is 6.07 Å². The van der Waals surface area contributed by atoms with Crippen LogP contribution in [0.3, 0.4) is 0 Å². The summed E-state index contributed by atoms with van der Waals surface area (Å²) in [6.45, 7) is 5.38. The predicted molar refractivity (Wildman–Crippen MR) is 60.9 cm³/mol. The van der Waals surface area contributed by atoms with Gasteiger partial charge in [0.2, 0.25) is 6.79 Å². The van der Waals surface area contributed by atoms with Crippen LogP contribution in [0.5, 0.6) is 11.5 Å². The molecule has 1 fully saturated rings. The van der Waals surface area contributed by atoms with Gasteiger partial charge in [-0.2, -0.15) is 0 Å². The van der Waals surface area contributed by atoms with Crippen LogP contribution < -0.4 is 9.47 Å². The van der Waals surface area contributed by atoms with E-state index in [0.717, 1.165) is 44.2 Å². The molecule has 2 heterocycles. The molecule has 0 saturated carbocycles. The SMILES string of the molecule is [Y].c1cc2c(cc1CN1CC[N-]CC1)OCO2. The Morgan fingerprint density at radius 3 is 2.71 bits per heavy atom. The molecule has 89 valence electrons. The molecule has 2 aliphatic rings. The zero-order valence-electron chi connectivity index (χ0n) is 9.76. The van der Waals surface area contributed by atoms with Gasteiger partial charge in [0.15, 0.2) is 11.5 Å². The summed E-state index contributed by atoms with van der Waals surface area (Å²) >= 11 is 0. The molecule has 0 aromatic heterocycles. The first-order chi connectivity index (χ1) is 7.92. The molecule has 0 bridgehead atoms. The van der Waals surface area contributed by atoms with Gasteiger partial charge in [-0.15, -0.1) is 13.1 Å². The van der Waals surface area contributed by atoms with Crippen molar-refractivity contribution in [3.05, 3.63) is 29.1 Å². The van der Waals surface area contributed by atoms with E-state index in [1.807, 2.05) is 6.07 Å². The Morgan fingerprint density at radius 1 is 1.12 bits per heavy atom. The first-order valence-electron chi connectivity index (χ1n) is 5.66. The molecule has 0 spiro atoms. The minimum atomic E-state index is 0. The number of hydrogen-bond acceptors (Lipinski definition) is 3. The number of nitrogens with zero attached hydrogens (tertiary/aromatic N) is 2. The maximum absolute atomic E-state index is 5.37. The van der Waals surface area contributed by atoms with Gasteiger partial charge in [-0.05, 0) is 30.8 Å². The fourth-order valence-corrected chi connectivity index (χ4v) is 2.10. The van der Waals surface area contributed by atoms with E-state index >= 15 is 0 Å². The van der Waals surface area contributed by atoms with Crippen molar-refractivity contribution in [2.75, 3.05) is 33.0 Å². The van der Waals surface area contributed by atoms with Crippen molar-refractivity contribution in [3.63, 3.8) is 0 Å². The van der Waals surface area contributed by atoms with Crippen LogP contribution in [0.1, 0.15) is 5.56 Å². The maximum atomic E-state index is 5.37. The average Bonchev–Trinajstić information content (AvgIpc) is 2.77. The fraction of sp³-hybridized carbons (Fsp3) is 0.500. The largest absolute Gasteiger partial charge is 0.660 e. The van der Waals surface area contributed by atoms with Crippen molar-refractivity contribution in [2.45, 2.75) is 6.54 Å². The summed E-state index contributed by atoms with van der Waals surface area (Å²) in [4.78, 5) is 2.42. The molecule has 1 radical (unpaired) electrons. The summed E-state index contributed by atoms with van der Waals surface area (Å²) in [6, 6.07) is 6.18. The van der Waals surface area contributed by atoms with Crippen molar-refractivity contribution in [1.29, 1.82) is 0 Å². The van der Waals surface area contributed by atoms with Crippen LogP contribution >= 0.6 is 0 Å². The zero-order valence-corrected chi connectivity index (χ0v) is 12.6. The first-order valence-corrected chi connectivity index (χ1v) is 5.66. The standard InChI is InChI=1S/C12H15N2O2.Y/c1-2-11-12(16-9-15-11)7-10(1)8-14-5-3-13-4-6-14;/h1-2,7H,3-6,8-9H2;/q-1;. The van der Waals surface area contributed by atoms with Crippen LogP contribution in [-0.4, -0.2) is 37.9 Å². The van der Waals surface area contributed by atoms with Crippen LogP contribution in [0.15, 0.2) is 18.2 Å². The Kier molecular flexibility index (Phi) is 4.80. The molecule has 0 N–H and O–H groups in total. The average molecular weight is 308 g/mol. The van der Waals surface area contributed by atoms with Gasteiger partial charge < -0.3 is 19.7 Å². The van der Waals surface area contributed by atoms with Gasteiger partial charge >= 0.3 is 0 Å². The second-order valence-electron chi connectivity index (χ2n) is 4.13. The van der Waals surface area contributed by atoms with Gasteiger partial charge in [0.05, 0.1) is 0 Å². The van der Waals surface area contributed by atoms with E-state index in [4.69, 9.17) is 9.47 Å². The molecular weight excluding hydrogens is 293 g/mol. The Bertz CT molecular complexity index is 381. The van der Waals surface area contributed by atoms with Crippen LogP contribution in [0.2, 0.25) is 0 Å². The van der Waals surface area contributed by atoms with Crippen molar-refractivity contribution in [2.24, 2.45) is 0 Å². The molecule has 17 heavy (non-hydrogen) atoms. The van der Waals surface area contributed by atoms with E-state index in [1.165, 1.54) is 5.56 Å². The molecule has 3 rings (SSSR count). The van der Waals surface area contributed by atoms with Gasteiger partial charge in [-0.25, -0.2) is 0 Å². The summed E-state index contributed by atoms with van der Waals surface area (Å²) in [7, 11) is 0. The topological polar surface area (TPSA) is 35.8 Å². The molecule has 0 amide bonds. The number of rotatable bonds is 2. The summed E-state index contributed by atoms with van der Waals surface area (Å²) in [5.74, 6) is 1.73. The van der Waals surface area contributed by atoms with E-state index < -0.39 is 0 Å². The Labute approximate surface area is 127 Å². The van der Waals surface area contributed by atoms with Gasteiger partial charge in [0.25, 0.3) is 0 Å². The van der Waals surface area contributed by atoms with Gasteiger partial charge in [0, 0.05) is 39.3 Å². The van der Waals surface area contributed by atoms with Crippen molar-refractivity contribution in [3.8, 4) is 11.5 Å². The number of hydrogen-bond donors (Lipinski definition) is 0. The number of benzene rings is 1. The Hall–Kier alpha value is -0.156. The summed E-state index contributed by atoms with van der Waals surface area (Å²) in [6.07, 6.45) is 0. The quantitative estimate of drug-likeness (QED) is 0.832. The minimum Gasteiger partial charge on any atom is -0.660 e. The number of fused-ring (bicyclic) bond motifs is 1. The fourth-order valence-electron chi connectivity index (χ4n) is 2.10. The van der Waals surface area contributed by atoms with Crippen LogP contribution in [0.4, 0.5) is 0 Å². The Balaban J connectivity index is 0.00000108. The predicted octanol–water partition coefficient (Wildman–Crippen LogP) is 1.60. The summed E-state index contributed by atoms with van der Waals surface area (Å²) < 4.78 is 10.7. The molecule has 1 saturated heterocycles. The molecule has 0 atom stereocenters. The molecule has 0 unspecified atom stereocenters. The third-order valence-electron chi connectivity index (χ3n) is 2.99. The van der Waals surface area contributed by atoms with Crippen molar-refractivity contribution < 1.29 is 42.2 Å². The van der Waals surface area contributed by atoms with Crippen LogP contribution in [0.25, 0.3) is 5.32 Å². The van der Waals surface area contributed by atoms with Crippen molar-refractivity contribution >= 4 is 0 Å². The van der Waals surface area contributed by atoms with E-state index in [1.54, 1.807) is 0 Å². The molecule has 1 aromatic rings. The second kappa shape index (κ2) is 6.14. The minimum absolute atomic E-state index is 0. The number of piperazine rings is 1. The molecule has 0 aliphatic carbocycles. The van der Waals surface area contributed by atoms with Crippen molar-refractivity contribution in [1.82, 2.24) is 4.90 Å². The number of ether oxygens (including phenoxy) is 2. The molecular formula is C12H15N2O2Y-. The third kappa shape index (κ3) is 3.19. The summed E-state index contributed by atoms with van der Waals surface area (Å²) in [5.41, 5.74) is 1.28.